The molecule has 31 heavy (non-hydrogen) atoms. The van der Waals surface area contributed by atoms with Crippen LogP contribution < -0.4 is 14.4 Å². The molecule has 1 N–H and O–H groups in total. The molecule has 7 heteroatoms. The predicted octanol–water partition coefficient (Wildman–Crippen LogP) is 4.48. The lowest BCUT2D eigenvalue weighted by Gasteiger charge is -2.19. The lowest BCUT2D eigenvalue weighted by Crippen LogP contribution is -2.29. The van der Waals surface area contributed by atoms with Crippen LogP contribution in [0.25, 0.3) is 0 Å². The second kappa shape index (κ2) is 8.43. The third-order valence-corrected chi connectivity index (χ3v) is 6.84. The number of ether oxygens (including phenoxy) is 1. The molecule has 3 aromatic rings. The number of hydrogen-bond donors (Lipinski definition) is 1. The highest BCUT2D eigenvalue weighted by Gasteiger charge is 2.30. The van der Waals surface area contributed by atoms with Crippen LogP contribution in [0, 0.1) is 0 Å². The summed E-state index contributed by atoms with van der Waals surface area (Å²) in [6.07, 6.45) is 0.707. The van der Waals surface area contributed by atoms with Gasteiger partial charge in [0.25, 0.3) is 15.9 Å². The summed E-state index contributed by atoms with van der Waals surface area (Å²) in [6, 6.07) is 20.7. The lowest BCUT2D eigenvalue weighted by molar-refractivity contribution is 0.102. The molecule has 0 unspecified atom stereocenters. The zero-order valence-corrected chi connectivity index (χ0v) is 18.2. The molecule has 0 saturated carbocycles. The molecule has 0 fully saturated rings. The number of carbonyl (C=O) groups excluding carboxylic acids is 1. The van der Waals surface area contributed by atoms with E-state index in [1.165, 1.54) is 16.4 Å². The smallest absolute Gasteiger partial charge is 0.264 e. The minimum atomic E-state index is -3.66. The van der Waals surface area contributed by atoms with Crippen LogP contribution in [0.5, 0.6) is 5.75 Å². The molecule has 6 nitrogen and oxygen atoms in total. The molecule has 0 aromatic heterocycles. The molecule has 3 aromatic carbocycles. The number of benzene rings is 3. The molecule has 0 bridgehead atoms. The molecule has 160 valence electrons. The van der Waals surface area contributed by atoms with Crippen LogP contribution in [0.4, 0.5) is 11.4 Å². The Morgan fingerprint density at radius 2 is 1.74 bits per heavy atom. The van der Waals surface area contributed by atoms with Crippen molar-refractivity contribution >= 4 is 27.3 Å². The Balaban J connectivity index is 1.49. The van der Waals surface area contributed by atoms with Crippen LogP contribution in [-0.2, 0) is 16.4 Å². The van der Waals surface area contributed by atoms with Crippen molar-refractivity contribution in [2.75, 3.05) is 16.2 Å². The molecule has 4 rings (SSSR count). The SMILES string of the molecule is CC(C)Oc1cccc(C(=O)Nc2ccc(S(=O)(=O)N3CCc4ccccc43)cc2)c1. The topological polar surface area (TPSA) is 75.7 Å². The van der Waals surface area contributed by atoms with Gasteiger partial charge in [0, 0.05) is 17.8 Å². The highest BCUT2D eigenvalue weighted by molar-refractivity contribution is 7.92. The second-order valence-corrected chi connectivity index (χ2v) is 9.49. The second-order valence-electron chi connectivity index (χ2n) is 7.63. The summed E-state index contributed by atoms with van der Waals surface area (Å²) in [5, 5.41) is 2.80. The van der Waals surface area contributed by atoms with Crippen LogP contribution in [0.15, 0.2) is 77.7 Å². The van der Waals surface area contributed by atoms with Gasteiger partial charge in [-0.1, -0.05) is 24.3 Å². The summed E-state index contributed by atoms with van der Waals surface area (Å²) in [4.78, 5) is 12.8. The molecule has 0 spiro atoms. The standard InChI is InChI=1S/C24H24N2O4S/c1-17(2)30-21-8-5-7-19(16-21)24(27)25-20-10-12-22(13-11-20)31(28,29)26-15-14-18-6-3-4-9-23(18)26/h3-13,16-17H,14-15H2,1-2H3,(H,25,27). The Bertz CT molecular complexity index is 1200. The van der Waals surface area contributed by atoms with E-state index in [4.69, 9.17) is 4.74 Å². The van der Waals surface area contributed by atoms with E-state index in [0.29, 0.717) is 30.0 Å². The average molecular weight is 437 g/mol. The van der Waals surface area contributed by atoms with Crippen LogP contribution in [-0.4, -0.2) is 27.0 Å². The summed E-state index contributed by atoms with van der Waals surface area (Å²) in [7, 11) is -3.66. The number of nitrogens with zero attached hydrogens (tertiary/aromatic N) is 1. The van der Waals surface area contributed by atoms with E-state index in [2.05, 4.69) is 5.32 Å². The van der Waals surface area contributed by atoms with Crippen molar-refractivity contribution in [3.8, 4) is 5.75 Å². The number of nitrogens with one attached hydrogen (secondary N) is 1. The molecule has 0 aliphatic carbocycles. The molecule has 1 aliphatic heterocycles. The molecular formula is C24H24N2O4S. The van der Waals surface area contributed by atoms with Crippen molar-refractivity contribution in [2.45, 2.75) is 31.3 Å². The number of rotatable bonds is 6. The van der Waals surface area contributed by atoms with Gasteiger partial charge in [-0.2, -0.15) is 0 Å². The van der Waals surface area contributed by atoms with Crippen molar-refractivity contribution < 1.29 is 17.9 Å². The Morgan fingerprint density at radius 3 is 2.48 bits per heavy atom. The summed E-state index contributed by atoms with van der Waals surface area (Å²) < 4.78 is 33.3. The van der Waals surface area contributed by atoms with Gasteiger partial charge in [-0.15, -0.1) is 0 Å². The minimum Gasteiger partial charge on any atom is -0.491 e. The summed E-state index contributed by atoms with van der Waals surface area (Å²) in [6.45, 7) is 4.27. The van der Waals surface area contributed by atoms with Crippen molar-refractivity contribution in [3.05, 3.63) is 83.9 Å². The number of sulfonamides is 1. The average Bonchev–Trinajstić information content (AvgIpc) is 3.19. The highest BCUT2D eigenvalue weighted by Crippen LogP contribution is 2.32. The first-order valence-corrected chi connectivity index (χ1v) is 11.6. The van der Waals surface area contributed by atoms with E-state index >= 15 is 0 Å². The van der Waals surface area contributed by atoms with Crippen LogP contribution in [0.2, 0.25) is 0 Å². The minimum absolute atomic E-state index is 0.00961. The van der Waals surface area contributed by atoms with Gasteiger partial charge in [-0.3, -0.25) is 9.10 Å². The fraction of sp³-hybridized carbons (Fsp3) is 0.208. The Morgan fingerprint density at radius 1 is 1.00 bits per heavy atom. The lowest BCUT2D eigenvalue weighted by atomic mass is 10.2. The predicted molar refractivity (Wildman–Crippen MR) is 121 cm³/mol. The van der Waals surface area contributed by atoms with Gasteiger partial charge in [-0.05, 0) is 74.4 Å². The molecule has 1 aliphatic rings. The van der Waals surface area contributed by atoms with Gasteiger partial charge in [0.2, 0.25) is 0 Å². The van der Waals surface area contributed by atoms with Gasteiger partial charge < -0.3 is 10.1 Å². The third kappa shape index (κ3) is 4.41. The monoisotopic (exact) mass is 436 g/mol. The number of hydrogen-bond acceptors (Lipinski definition) is 4. The van der Waals surface area contributed by atoms with E-state index < -0.39 is 10.0 Å². The van der Waals surface area contributed by atoms with Crippen molar-refractivity contribution in [1.29, 1.82) is 0 Å². The largest absolute Gasteiger partial charge is 0.491 e. The van der Waals surface area contributed by atoms with Gasteiger partial charge in [0.1, 0.15) is 5.75 Å². The van der Waals surface area contributed by atoms with E-state index in [-0.39, 0.29) is 16.9 Å². The first kappa shape index (κ1) is 20.9. The van der Waals surface area contributed by atoms with Crippen LogP contribution in [0.1, 0.15) is 29.8 Å². The maximum absolute atomic E-state index is 13.1. The van der Waals surface area contributed by atoms with Crippen LogP contribution in [0.3, 0.4) is 0 Å². The van der Waals surface area contributed by atoms with E-state index in [0.717, 1.165) is 11.3 Å². The number of para-hydroxylation sites is 1. The van der Waals surface area contributed by atoms with Crippen molar-refractivity contribution in [3.63, 3.8) is 0 Å². The number of carbonyl (C=O) groups is 1. The fourth-order valence-corrected chi connectivity index (χ4v) is 5.08. The molecule has 1 heterocycles. The molecule has 1 amide bonds. The van der Waals surface area contributed by atoms with Gasteiger partial charge in [0.15, 0.2) is 0 Å². The Hall–Kier alpha value is -3.32. The normalized spacial score (nSPS) is 13.2. The zero-order valence-electron chi connectivity index (χ0n) is 17.4. The number of anilines is 2. The maximum atomic E-state index is 13.1. The molecule has 0 radical (unpaired) electrons. The Kier molecular flexibility index (Phi) is 5.69. The van der Waals surface area contributed by atoms with Crippen molar-refractivity contribution in [2.24, 2.45) is 0 Å². The van der Waals surface area contributed by atoms with Crippen LogP contribution >= 0.6 is 0 Å². The van der Waals surface area contributed by atoms with E-state index in [9.17, 15) is 13.2 Å². The molecular weight excluding hydrogens is 412 g/mol. The molecule has 0 saturated heterocycles. The first-order valence-electron chi connectivity index (χ1n) is 10.1. The maximum Gasteiger partial charge on any atom is 0.264 e. The molecule has 0 atom stereocenters. The first-order chi connectivity index (χ1) is 14.8. The summed E-state index contributed by atoms with van der Waals surface area (Å²) >= 11 is 0. The summed E-state index contributed by atoms with van der Waals surface area (Å²) in [5.74, 6) is 0.327. The highest BCUT2D eigenvalue weighted by atomic mass is 32.2. The summed E-state index contributed by atoms with van der Waals surface area (Å²) in [5.41, 5.74) is 2.73. The van der Waals surface area contributed by atoms with E-state index in [1.807, 2.05) is 38.1 Å². The van der Waals surface area contributed by atoms with Crippen molar-refractivity contribution in [1.82, 2.24) is 0 Å². The quantitative estimate of drug-likeness (QED) is 0.618. The number of amides is 1. The van der Waals surface area contributed by atoms with Gasteiger partial charge in [0.05, 0.1) is 16.7 Å². The van der Waals surface area contributed by atoms with Gasteiger partial charge in [-0.25, -0.2) is 8.42 Å². The third-order valence-electron chi connectivity index (χ3n) is 5.01. The zero-order chi connectivity index (χ0) is 22.0. The van der Waals surface area contributed by atoms with Gasteiger partial charge >= 0.3 is 0 Å². The number of fused-ring (bicyclic) bond motifs is 1. The Labute approximate surface area is 182 Å². The van der Waals surface area contributed by atoms with E-state index in [1.54, 1.807) is 36.4 Å². The fourth-order valence-electron chi connectivity index (χ4n) is 3.58.